The third-order valence-corrected chi connectivity index (χ3v) is 5.44. The molecule has 2 aromatic rings. The van der Waals surface area contributed by atoms with Gasteiger partial charge in [-0.1, -0.05) is 12.1 Å². The summed E-state index contributed by atoms with van der Waals surface area (Å²) >= 11 is 0. The molecule has 0 saturated carbocycles. The molecule has 2 bridgehead atoms. The quantitative estimate of drug-likeness (QED) is 0.835. The fourth-order valence-corrected chi connectivity index (χ4v) is 4.34. The minimum atomic E-state index is -1.45. The van der Waals surface area contributed by atoms with Crippen molar-refractivity contribution in [3.05, 3.63) is 65.2 Å². The van der Waals surface area contributed by atoms with Gasteiger partial charge >= 0.3 is 0 Å². The first-order chi connectivity index (χ1) is 12.4. The molecule has 2 fully saturated rings. The number of hydrogen-bond donors (Lipinski definition) is 1. The summed E-state index contributed by atoms with van der Waals surface area (Å²) in [6.45, 7) is 0. The van der Waals surface area contributed by atoms with E-state index >= 15 is 0 Å². The van der Waals surface area contributed by atoms with Crippen molar-refractivity contribution >= 4 is 5.91 Å². The summed E-state index contributed by atoms with van der Waals surface area (Å²) in [5.41, 5.74) is -1.93. The molecule has 1 amide bonds. The minimum Gasteiger partial charge on any atom is -0.385 e. The highest BCUT2D eigenvalue weighted by Crippen LogP contribution is 2.46. The van der Waals surface area contributed by atoms with Crippen molar-refractivity contribution in [1.29, 1.82) is 0 Å². The summed E-state index contributed by atoms with van der Waals surface area (Å²) in [6.07, 6.45) is 2.70. The Balaban J connectivity index is 1.66. The van der Waals surface area contributed by atoms with Crippen LogP contribution in [0.4, 0.5) is 13.2 Å². The molecule has 0 aliphatic carbocycles. The van der Waals surface area contributed by atoms with E-state index in [1.807, 2.05) is 0 Å². The second-order valence-electron chi connectivity index (χ2n) is 6.98. The molecule has 0 unspecified atom stereocenters. The van der Waals surface area contributed by atoms with Crippen LogP contribution in [0.5, 0.6) is 0 Å². The SMILES string of the molecule is O=C(c1c(F)cccc1F)N1[C@@H]2CC[C@@H]1CC(O)(c1cccnc1F)C2. The molecule has 1 N–H and O–H groups in total. The number of fused-ring (bicyclic) bond motifs is 2. The summed E-state index contributed by atoms with van der Waals surface area (Å²) in [4.78, 5) is 17.8. The Morgan fingerprint density at radius 3 is 2.27 bits per heavy atom. The second-order valence-corrected chi connectivity index (χ2v) is 6.98. The van der Waals surface area contributed by atoms with Crippen LogP contribution < -0.4 is 0 Å². The summed E-state index contributed by atoms with van der Waals surface area (Å²) in [5, 5.41) is 11.0. The molecular formula is C19H17F3N2O2. The van der Waals surface area contributed by atoms with Crippen LogP contribution in [0.1, 0.15) is 41.6 Å². The van der Waals surface area contributed by atoms with Crippen LogP contribution in [0.3, 0.4) is 0 Å². The third kappa shape index (κ3) is 2.58. The van der Waals surface area contributed by atoms with E-state index < -0.39 is 46.7 Å². The zero-order valence-corrected chi connectivity index (χ0v) is 13.8. The fraction of sp³-hybridized carbons (Fsp3) is 0.368. The lowest BCUT2D eigenvalue weighted by molar-refractivity contribution is -0.0506. The van der Waals surface area contributed by atoms with Gasteiger partial charge in [0.1, 0.15) is 17.2 Å². The normalized spacial score (nSPS) is 27.6. The Bertz CT molecular complexity index is 839. The number of amides is 1. The second kappa shape index (κ2) is 6.09. The molecule has 1 aromatic carbocycles. The largest absolute Gasteiger partial charge is 0.385 e. The van der Waals surface area contributed by atoms with Crippen LogP contribution in [0, 0.1) is 17.6 Å². The van der Waals surface area contributed by atoms with Crippen molar-refractivity contribution in [2.75, 3.05) is 0 Å². The first-order valence-electron chi connectivity index (χ1n) is 8.51. The van der Waals surface area contributed by atoms with E-state index in [2.05, 4.69) is 4.98 Å². The Kier molecular flexibility index (Phi) is 3.99. The van der Waals surface area contributed by atoms with Crippen molar-refractivity contribution in [1.82, 2.24) is 9.88 Å². The fourth-order valence-electron chi connectivity index (χ4n) is 4.34. The van der Waals surface area contributed by atoms with E-state index in [1.165, 1.54) is 23.2 Å². The summed E-state index contributed by atoms with van der Waals surface area (Å²) in [6, 6.07) is 5.50. The Labute approximate surface area is 148 Å². The maximum absolute atomic E-state index is 14.1. The number of aromatic nitrogens is 1. The van der Waals surface area contributed by atoms with Gasteiger partial charge in [-0.2, -0.15) is 4.39 Å². The van der Waals surface area contributed by atoms with E-state index in [0.29, 0.717) is 12.8 Å². The van der Waals surface area contributed by atoms with E-state index in [-0.39, 0.29) is 18.4 Å². The van der Waals surface area contributed by atoms with Crippen LogP contribution in [0.25, 0.3) is 0 Å². The van der Waals surface area contributed by atoms with Gasteiger partial charge in [0.05, 0.1) is 5.60 Å². The van der Waals surface area contributed by atoms with Crippen molar-refractivity contribution < 1.29 is 23.1 Å². The van der Waals surface area contributed by atoms with Crippen molar-refractivity contribution in [3.63, 3.8) is 0 Å². The van der Waals surface area contributed by atoms with Gasteiger partial charge in [0.2, 0.25) is 5.95 Å². The van der Waals surface area contributed by atoms with Crippen LogP contribution in [-0.4, -0.2) is 33.0 Å². The molecule has 0 radical (unpaired) electrons. The van der Waals surface area contributed by atoms with Crippen molar-refractivity contribution in [2.45, 2.75) is 43.4 Å². The first-order valence-corrected chi connectivity index (χ1v) is 8.51. The molecule has 2 aliphatic heterocycles. The number of carbonyl (C=O) groups excluding carboxylic acids is 1. The van der Waals surface area contributed by atoms with Gasteiger partial charge < -0.3 is 10.0 Å². The average molecular weight is 362 g/mol. The van der Waals surface area contributed by atoms with E-state index in [9.17, 15) is 23.1 Å². The van der Waals surface area contributed by atoms with Crippen LogP contribution in [0.2, 0.25) is 0 Å². The van der Waals surface area contributed by atoms with Crippen LogP contribution >= 0.6 is 0 Å². The molecule has 4 rings (SSSR count). The molecule has 2 saturated heterocycles. The zero-order chi connectivity index (χ0) is 18.5. The van der Waals surface area contributed by atoms with E-state index in [1.54, 1.807) is 6.07 Å². The van der Waals surface area contributed by atoms with Gasteiger partial charge in [-0.25, -0.2) is 13.8 Å². The predicted molar refractivity (Wildman–Crippen MR) is 86.7 cm³/mol. The van der Waals surface area contributed by atoms with E-state index in [4.69, 9.17) is 0 Å². The van der Waals surface area contributed by atoms with Gasteiger partial charge in [0.15, 0.2) is 0 Å². The molecular weight excluding hydrogens is 345 g/mol. The number of hydrogen-bond acceptors (Lipinski definition) is 3. The Morgan fingerprint density at radius 1 is 1.08 bits per heavy atom. The molecule has 2 atom stereocenters. The topological polar surface area (TPSA) is 53.4 Å². The first kappa shape index (κ1) is 17.0. The summed E-state index contributed by atoms with van der Waals surface area (Å²) < 4.78 is 42.1. The highest BCUT2D eigenvalue weighted by atomic mass is 19.1. The van der Waals surface area contributed by atoms with Crippen molar-refractivity contribution in [3.8, 4) is 0 Å². The number of pyridine rings is 1. The Hall–Kier alpha value is -2.41. The standard InChI is InChI=1S/C19H17F3N2O2/c20-14-4-1-5-15(21)16(14)18(25)24-11-6-7-12(24)10-19(26,9-11)13-3-2-8-23-17(13)22/h1-5,8,11-12,26H,6-7,9-10H2/t11-,12-/m1/s1. The maximum atomic E-state index is 14.1. The number of halogens is 3. The summed E-state index contributed by atoms with van der Waals surface area (Å²) in [7, 11) is 0. The monoisotopic (exact) mass is 362 g/mol. The van der Waals surface area contributed by atoms with Gasteiger partial charge in [0.25, 0.3) is 5.91 Å². The molecule has 1 aromatic heterocycles. The number of carbonyl (C=O) groups is 1. The lowest BCUT2D eigenvalue weighted by atomic mass is 9.80. The zero-order valence-electron chi connectivity index (χ0n) is 13.8. The molecule has 7 heteroatoms. The maximum Gasteiger partial charge on any atom is 0.260 e. The van der Waals surface area contributed by atoms with E-state index in [0.717, 1.165) is 12.1 Å². The molecule has 136 valence electrons. The summed E-state index contributed by atoms with van der Waals surface area (Å²) in [5.74, 6) is -3.28. The molecule has 2 aliphatic rings. The lowest BCUT2D eigenvalue weighted by Gasteiger charge is -2.44. The highest BCUT2D eigenvalue weighted by molar-refractivity contribution is 5.95. The average Bonchev–Trinajstić information content (AvgIpc) is 2.87. The van der Waals surface area contributed by atoms with Crippen LogP contribution in [-0.2, 0) is 5.60 Å². The number of benzene rings is 1. The Morgan fingerprint density at radius 2 is 1.69 bits per heavy atom. The number of aliphatic hydroxyl groups is 1. The smallest absolute Gasteiger partial charge is 0.260 e. The number of piperidine rings is 1. The molecule has 0 spiro atoms. The number of rotatable bonds is 2. The molecule has 3 heterocycles. The predicted octanol–water partition coefficient (Wildman–Crippen LogP) is 3.15. The van der Waals surface area contributed by atoms with Gasteiger partial charge in [-0.3, -0.25) is 4.79 Å². The van der Waals surface area contributed by atoms with Gasteiger partial charge in [-0.15, -0.1) is 0 Å². The minimum absolute atomic E-state index is 0.0982. The molecule has 4 nitrogen and oxygen atoms in total. The lowest BCUT2D eigenvalue weighted by Crippen LogP contribution is -2.52. The van der Waals surface area contributed by atoms with Crippen LogP contribution in [0.15, 0.2) is 36.5 Å². The third-order valence-electron chi connectivity index (χ3n) is 5.44. The van der Waals surface area contributed by atoms with Gasteiger partial charge in [-0.05, 0) is 31.0 Å². The van der Waals surface area contributed by atoms with Crippen molar-refractivity contribution in [2.24, 2.45) is 0 Å². The molecule has 26 heavy (non-hydrogen) atoms. The highest BCUT2D eigenvalue weighted by Gasteiger charge is 2.51. The number of nitrogens with zero attached hydrogens (tertiary/aromatic N) is 2. The van der Waals surface area contributed by atoms with Gasteiger partial charge in [0, 0.05) is 36.7 Å².